The molecule has 0 fully saturated rings. The highest BCUT2D eigenvalue weighted by atomic mass is 19.4. The summed E-state index contributed by atoms with van der Waals surface area (Å²) in [6.45, 7) is 4.26. The van der Waals surface area contributed by atoms with Crippen LogP contribution in [0.1, 0.15) is 19.5 Å². The van der Waals surface area contributed by atoms with Crippen LogP contribution in [0.5, 0.6) is 0 Å². The molecule has 4 nitrogen and oxygen atoms in total. The number of nitrogens with one attached hydrogen (secondary N) is 1. The molecule has 0 aromatic carbocycles. The molecule has 1 atom stereocenters. The summed E-state index contributed by atoms with van der Waals surface area (Å²) in [6.07, 6.45) is -3.48. The van der Waals surface area contributed by atoms with Crippen LogP contribution >= 0.6 is 0 Å². The smallest absolute Gasteiger partial charge is 0.396 e. The third-order valence-electron chi connectivity index (χ3n) is 2.72. The molecule has 7 heteroatoms. The summed E-state index contributed by atoms with van der Waals surface area (Å²) in [5.41, 5.74) is 5.07. The highest BCUT2D eigenvalue weighted by Gasteiger charge is 2.33. The zero-order valence-electron chi connectivity index (χ0n) is 11.1. The maximum absolute atomic E-state index is 12.6. The van der Waals surface area contributed by atoms with Crippen LogP contribution in [0.25, 0.3) is 0 Å². The molecule has 0 saturated heterocycles. The van der Waals surface area contributed by atoms with Gasteiger partial charge in [0.05, 0.1) is 30.2 Å². The molecular formula is C12H18F3N3O. The molecule has 0 saturated carbocycles. The van der Waals surface area contributed by atoms with E-state index < -0.39 is 11.9 Å². The summed E-state index contributed by atoms with van der Waals surface area (Å²) in [7, 11) is 1.54. The van der Waals surface area contributed by atoms with Crippen molar-refractivity contribution in [3.05, 3.63) is 18.0 Å². The van der Waals surface area contributed by atoms with Gasteiger partial charge in [-0.05, 0) is 12.0 Å². The fourth-order valence-corrected chi connectivity index (χ4v) is 1.53. The van der Waals surface area contributed by atoms with E-state index >= 15 is 0 Å². The molecule has 1 aromatic rings. The lowest BCUT2D eigenvalue weighted by Crippen LogP contribution is -2.31. The van der Waals surface area contributed by atoms with E-state index in [1.807, 2.05) is 13.8 Å². The lowest BCUT2D eigenvalue weighted by Gasteiger charge is -2.24. The zero-order chi connectivity index (χ0) is 14.6. The minimum atomic E-state index is -4.49. The van der Waals surface area contributed by atoms with E-state index in [1.54, 1.807) is 0 Å². The molecule has 0 spiro atoms. The van der Waals surface area contributed by atoms with Crippen molar-refractivity contribution in [2.45, 2.75) is 26.1 Å². The SMILES string of the molecule is COCC(Nc1cc(C(F)(F)F)ncc1N)C(C)C. The number of pyridine rings is 1. The number of alkyl halides is 3. The van der Waals surface area contributed by atoms with E-state index in [4.69, 9.17) is 10.5 Å². The number of nitrogen functional groups attached to an aromatic ring is 1. The first-order valence-electron chi connectivity index (χ1n) is 5.84. The van der Waals surface area contributed by atoms with Crippen LogP contribution in [0.2, 0.25) is 0 Å². The largest absolute Gasteiger partial charge is 0.433 e. The number of nitrogens with zero attached hydrogens (tertiary/aromatic N) is 1. The van der Waals surface area contributed by atoms with Crippen molar-refractivity contribution in [2.75, 3.05) is 24.8 Å². The lowest BCUT2D eigenvalue weighted by atomic mass is 10.0. The van der Waals surface area contributed by atoms with Crippen molar-refractivity contribution in [3.8, 4) is 0 Å². The molecule has 1 heterocycles. The van der Waals surface area contributed by atoms with Gasteiger partial charge in [-0.15, -0.1) is 0 Å². The second kappa shape index (κ2) is 6.10. The minimum absolute atomic E-state index is 0.129. The molecule has 1 aromatic heterocycles. The molecule has 0 aliphatic rings. The van der Waals surface area contributed by atoms with Gasteiger partial charge < -0.3 is 15.8 Å². The number of nitrogens with two attached hydrogens (primary N) is 1. The Balaban J connectivity index is 2.99. The van der Waals surface area contributed by atoms with Crippen molar-refractivity contribution in [1.82, 2.24) is 4.98 Å². The van der Waals surface area contributed by atoms with Gasteiger partial charge >= 0.3 is 6.18 Å². The van der Waals surface area contributed by atoms with Gasteiger partial charge in [0.2, 0.25) is 0 Å². The fourth-order valence-electron chi connectivity index (χ4n) is 1.53. The molecule has 0 aliphatic heterocycles. The van der Waals surface area contributed by atoms with Crippen LogP contribution in [0, 0.1) is 5.92 Å². The Labute approximate surface area is 110 Å². The van der Waals surface area contributed by atoms with E-state index in [0.29, 0.717) is 6.61 Å². The van der Waals surface area contributed by atoms with E-state index in [1.165, 1.54) is 7.11 Å². The van der Waals surface area contributed by atoms with Crippen LogP contribution in [0.3, 0.4) is 0 Å². The minimum Gasteiger partial charge on any atom is -0.396 e. The van der Waals surface area contributed by atoms with Crippen molar-refractivity contribution >= 4 is 11.4 Å². The number of aromatic nitrogens is 1. The summed E-state index contributed by atoms with van der Waals surface area (Å²) in [5, 5.41) is 2.97. The quantitative estimate of drug-likeness (QED) is 0.868. The van der Waals surface area contributed by atoms with Gasteiger partial charge in [-0.1, -0.05) is 13.8 Å². The first-order chi connectivity index (χ1) is 8.75. The predicted molar refractivity (Wildman–Crippen MR) is 67.8 cm³/mol. The highest BCUT2D eigenvalue weighted by Crippen LogP contribution is 2.31. The Morgan fingerprint density at radius 3 is 2.53 bits per heavy atom. The fraction of sp³-hybridized carbons (Fsp3) is 0.583. The Morgan fingerprint density at radius 2 is 2.05 bits per heavy atom. The molecule has 0 amide bonds. The molecule has 0 bridgehead atoms. The molecule has 3 N–H and O–H groups in total. The number of halogens is 3. The average Bonchev–Trinajstić information content (AvgIpc) is 2.29. The van der Waals surface area contributed by atoms with Crippen LogP contribution in [0.15, 0.2) is 12.3 Å². The summed E-state index contributed by atoms with van der Waals surface area (Å²) >= 11 is 0. The van der Waals surface area contributed by atoms with Gasteiger partial charge in [-0.25, -0.2) is 4.98 Å². The summed E-state index contributed by atoms with van der Waals surface area (Å²) in [4.78, 5) is 3.29. The van der Waals surface area contributed by atoms with Crippen LogP contribution in [-0.4, -0.2) is 24.7 Å². The lowest BCUT2D eigenvalue weighted by molar-refractivity contribution is -0.141. The molecular weight excluding hydrogens is 259 g/mol. The van der Waals surface area contributed by atoms with E-state index in [9.17, 15) is 13.2 Å². The molecule has 19 heavy (non-hydrogen) atoms. The molecule has 0 radical (unpaired) electrons. The van der Waals surface area contributed by atoms with Gasteiger partial charge in [0.15, 0.2) is 0 Å². The maximum Gasteiger partial charge on any atom is 0.433 e. The van der Waals surface area contributed by atoms with E-state index in [-0.39, 0.29) is 23.3 Å². The summed E-state index contributed by atoms with van der Waals surface area (Å²) < 4.78 is 42.8. The predicted octanol–water partition coefficient (Wildman–Crippen LogP) is 2.77. The van der Waals surface area contributed by atoms with Crippen molar-refractivity contribution in [3.63, 3.8) is 0 Å². The van der Waals surface area contributed by atoms with Crippen molar-refractivity contribution in [2.24, 2.45) is 5.92 Å². The molecule has 1 rings (SSSR count). The van der Waals surface area contributed by atoms with Crippen LogP contribution < -0.4 is 11.1 Å². The summed E-state index contributed by atoms with van der Waals surface area (Å²) in [5.74, 6) is 0.182. The Bertz CT molecular complexity index is 421. The van der Waals surface area contributed by atoms with Gasteiger partial charge in [0.1, 0.15) is 5.69 Å². The zero-order valence-corrected chi connectivity index (χ0v) is 11.1. The van der Waals surface area contributed by atoms with Gasteiger partial charge in [0, 0.05) is 7.11 Å². The molecule has 0 aliphatic carbocycles. The van der Waals surface area contributed by atoms with Gasteiger partial charge in [-0.3, -0.25) is 0 Å². The van der Waals surface area contributed by atoms with E-state index in [2.05, 4.69) is 10.3 Å². The van der Waals surface area contributed by atoms with Crippen molar-refractivity contribution < 1.29 is 17.9 Å². The number of anilines is 2. The van der Waals surface area contributed by atoms with Crippen LogP contribution in [0.4, 0.5) is 24.5 Å². The standard InChI is InChI=1S/C12H18F3N3O/c1-7(2)10(6-19-3)18-9-4-11(12(13,14)15)17-5-8(9)16/h4-5,7,10H,6,16H2,1-3H3,(H,17,18). The second-order valence-corrected chi connectivity index (χ2v) is 4.60. The normalized spacial score (nSPS) is 13.6. The maximum atomic E-state index is 12.6. The first kappa shape index (κ1) is 15.6. The topological polar surface area (TPSA) is 60.2 Å². The molecule has 1 unspecified atom stereocenters. The number of ether oxygens (including phenoxy) is 1. The van der Waals surface area contributed by atoms with E-state index in [0.717, 1.165) is 12.3 Å². The van der Waals surface area contributed by atoms with Gasteiger partial charge in [-0.2, -0.15) is 13.2 Å². The number of methoxy groups -OCH3 is 1. The van der Waals surface area contributed by atoms with Crippen LogP contribution in [-0.2, 0) is 10.9 Å². The highest BCUT2D eigenvalue weighted by molar-refractivity contribution is 5.65. The number of hydrogen-bond donors (Lipinski definition) is 2. The Hall–Kier alpha value is -1.50. The van der Waals surface area contributed by atoms with Crippen molar-refractivity contribution in [1.29, 1.82) is 0 Å². The number of hydrogen-bond acceptors (Lipinski definition) is 4. The molecule has 108 valence electrons. The first-order valence-corrected chi connectivity index (χ1v) is 5.84. The third-order valence-corrected chi connectivity index (χ3v) is 2.72. The average molecular weight is 277 g/mol. The Kier molecular flexibility index (Phi) is 4.99. The van der Waals surface area contributed by atoms with Gasteiger partial charge in [0.25, 0.3) is 0 Å². The number of rotatable bonds is 5. The monoisotopic (exact) mass is 277 g/mol. The summed E-state index contributed by atoms with van der Waals surface area (Å²) in [6, 6.07) is 0.788. The second-order valence-electron chi connectivity index (χ2n) is 4.60. The Morgan fingerprint density at radius 1 is 1.42 bits per heavy atom. The third kappa shape index (κ3) is 4.27.